The molecule has 0 bridgehead atoms. The normalized spacial score (nSPS) is 14.0. The van der Waals surface area contributed by atoms with Crippen molar-refractivity contribution in [3.05, 3.63) is 83.7 Å². The molecular formula is C36H43N5O7S. The molecule has 2 amide bonds. The lowest BCUT2D eigenvalue weighted by Gasteiger charge is -2.26. The largest absolute Gasteiger partial charge is 0.494 e. The molecule has 12 nitrogen and oxygen atoms in total. The first kappa shape index (κ1) is 35.7. The molecule has 3 N–H and O–H groups in total. The molecule has 0 atom stereocenters. The minimum atomic E-state index is -3.96. The van der Waals surface area contributed by atoms with Crippen molar-refractivity contribution < 1.29 is 32.2 Å². The molecule has 2 heterocycles. The Hall–Kier alpha value is -4.56. The predicted octanol–water partition coefficient (Wildman–Crippen LogP) is 5.28. The summed E-state index contributed by atoms with van der Waals surface area (Å²) in [5.41, 5.74) is 4.54. The van der Waals surface area contributed by atoms with E-state index in [2.05, 4.69) is 31.1 Å². The van der Waals surface area contributed by atoms with E-state index in [1.165, 1.54) is 14.2 Å². The third kappa shape index (κ3) is 9.12. The molecule has 0 radical (unpaired) electrons. The SMILES string of the molecule is COC(=O)CNS(=O)(=O)Cc1cc(C(C)(C)C)cc(NC(=O)Nc2ccc(-c3ccc(CN4CCOCC4)nc3)c3ccccc23)c1OC. The van der Waals surface area contributed by atoms with Crippen LogP contribution in [-0.2, 0) is 42.0 Å². The summed E-state index contributed by atoms with van der Waals surface area (Å²) in [6.45, 7) is 9.47. The van der Waals surface area contributed by atoms with Gasteiger partial charge in [-0.3, -0.25) is 14.7 Å². The van der Waals surface area contributed by atoms with E-state index in [0.717, 1.165) is 66.0 Å². The number of hydrogen-bond acceptors (Lipinski definition) is 9. The van der Waals surface area contributed by atoms with E-state index in [4.69, 9.17) is 14.5 Å². The van der Waals surface area contributed by atoms with Crippen LogP contribution in [0.1, 0.15) is 37.6 Å². The van der Waals surface area contributed by atoms with Gasteiger partial charge < -0.3 is 24.8 Å². The van der Waals surface area contributed by atoms with Crippen LogP contribution in [0.15, 0.2) is 66.9 Å². The van der Waals surface area contributed by atoms with Crippen LogP contribution in [0.5, 0.6) is 5.75 Å². The highest BCUT2D eigenvalue weighted by Crippen LogP contribution is 2.37. The molecule has 5 rings (SSSR count). The van der Waals surface area contributed by atoms with Crippen molar-refractivity contribution in [2.45, 2.75) is 38.5 Å². The first-order valence-electron chi connectivity index (χ1n) is 16.0. The molecule has 1 aliphatic rings. The Bertz CT molecular complexity index is 1920. The number of carbonyl (C=O) groups excluding carboxylic acids is 2. The number of methoxy groups -OCH3 is 2. The van der Waals surface area contributed by atoms with E-state index in [9.17, 15) is 18.0 Å². The van der Waals surface area contributed by atoms with Crippen LogP contribution >= 0.6 is 0 Å². The molecule has 1 aliphatic heterocycles. The highest BCUT2D eigenvalue weighted by molar-refractivity contribution is 7.88. The first-order valence-corrected chi connectivity index (χ1v) is 17.6. The van der Waals surface area contributed by atoms with Crippen molar-refractivity contribution in [3.8, 4) is 16.9 Å². The highest BCUT2D eigenvalue weighted by Gasteiger charge is 2.24. The van der Waals surface area contributed by atoms with Crippen LogP contribution in [0.4, 0.5) is 16.2 Å². The van der Waals surface area contributed by atoms with E-state index in [1.54, 1.807) is 12.1 Å². The number of pyridine rings is 1. The van der Waals surface area contributed by atoms with Gasteiger partial charge in [-0.05, 0) is 40.1 Å². The maximum Gasteiger partial charge on any atom is 0.323 e. The number of ether oxygens (including phenoxy) is 3. The van der Waals surface area contributed by atoms with Crippen LogP contribution in [0.3, 0.4) is 0 Å². The van der Waals surface area contributed by atoms with Gasteiger partial charge in [0.1, 0.15) is 12.3 Å². The van der Waals surface area contributed by atoms with Crippen molar-refractivity contribution in [2.75, 3.05) is 57.7 Å². The zero-order chi connectivity index (χ0) is 35.2. The maximum absolute atomic E-state index is 13.5. The molecular weight excluding hydrogens is 646 g/mol. The fourth-order valence-electron chi connectivity index (χ4n) is 5.66. The van der Waals surface area contributed by atoms with E-state index in [0.29, 0.717) is 16.9 Å². The summed E-state index contributed by atoms with van der Waals surface area (Å²) in [5.74, 6) is -1.01. The Kier molecular flexibility index (Phi) is 11.2. The van der Waals surface area contributed by atoms with Gasteiger partial charge in [-0.2, -0.15) is 0 Å². The fraction of sp³-hybridized carbons (Fsp3) is 0.361. The average molecular weight is 690 g/mol. The number of urea groups is 1. The molecule has 1 fully saturated rings. The van der Waals surface area contributed by atoms with Crippen LogP contribution in [0.25, 0.3) is 21.9 Å². The number of nitrogens with one attached hydrogen (secondary N) is 3. The molecule has 1 saturated heterocycles. The lowest BCUT2D eigenvalue weighted by atomic mass is 9.85. The Morgan fingerprint density at radius 3 is 2.31 bits per heavy atom. The quantitative estimate of drug-likeness (QED) is 0.179. The van der Waals surface area contributed by atoms with Gasteiger partial charge in [-0.1, -0.05) is 63.2 Å². The van der Waals surface area contributed by atoms with Gasteiger partial charge in [0.05, 0.1) is 50.3 Å². The molecule has 260 valence electrons. The number of fused-ring (bicyclic) bond motifs is 1. The standard InChI is InChI=1S/C36H43N5O7S/c1-36(2,3)26-18-25(23-49(44,45)38-21-33(42)46-4)34(47-5)32(19-26)40-35(43)39-31-13-12-28(29-8-6-7-9-30(29)31)24-10-11-27(37-20-24)22-41-14-16-48-17-15-41/h6-13,18-20,38H,14-17,21-23H2,1-5H3,(H2,39,40,43). The van der Waals surface area contributed by atoms with Gasteiger partial charge >= 0.3 is 12.0 Å². The fourth-order valence-corrected chi connectivity index (χ4v) is 6.72. The Morgan fingerprint density at radius 2 is 1.65 bits per heavy atom. The van der Waals surface area contributed by atoms with Crippen molar-refractivity contribution in [1.82, 2.24) is 14.6 Å². The number of rotatable bonds is 11. The second-order valence-corrected chi connectivity index (χ2v) is 14.6. The third-order valence-corrected chi connectivity index (χ3v) is 9.57. The van der Waals surface area contributed by atoms with E-state index < -0.39 is 39.7 Å². The molecule has 13 heteroatoms. The van der Waals surface area contributed by atoms with Crippen LogP contribution < -0.4 is 20.1 Å². The number of aromatic nitrogens is 1. The number of carbonyl (C=O) groups is 2. The summed E-state index contributed by atoms with van der Waals surface area (Å²) in [6.07, 6.45) is 1.88. The average Bonchev–Trinajstić information content (AvgIpc) is 3.07. The number of hydrogen-bond donors (Lipinski definition) is 3. The number of anilines is 2. The molecule has 0 spiro atoms. The lowest BCUT2D eigenvalue weighted by molar-refractivity contribution is -0.139. The van der Waals surface area contributed by atoms with Gasteiger partial charge in [0.25, 0.3) is 0 Å². The van der Waals surface area contributed by atoms with Crippen LogP contribution in [-0.4, -0.2) is 77.4 Å². The molecule has 1 aromatic heterocycles. The monoisotopic (exact) mass is 689 g/mol. The summed E-state index contributed by atoms with van der Waals surface area (Å²) >= 11 is 0. The van der Waals surface area contributed by atoms with Crippen LogP contribution in [0.2, 0.25) is 0 Å². The van der Waals surface area contributed by atoms with Gasteiger partial charge in [0.2, 0.25) is 10.0 Å². The topological polar surface area (TPSA) is 148 Å². The number of benzene rings is 3. The van der Waals surface area contributed by atoms with Gasteiger partial charge in [-0.25, -0.2) is 17.9 Å². The summed E-state index contributed by atoms with van der Waals surface area (Å²) in [6, 6.07) is 18.7. The van der Waals surface area contributed by atoms with Gasteiger partial charge in [-0.15, -0.1) is 0 Å². The number of morpholine rings is 1. The van der Waals surface area contributed by atoms with Crippen molar-refractivity contribution in [2.24, 2.45) is 0 Å². The third-order valence-electron chi connectivity index (χ3n) is 8.29. The lowest BCUT2D eigenvalue weighted by Crippen LogP contribution is -2.35. The smallest absolute Gasteiger partial charge is 0.323 e. The van der Waals surface area contributed by atoms with Gasteiger partial charge in [0, 0.05) is 42.3 Å². The Balaban J connectivity index is 1.39. The van der Waals surface area contributed by atoms with Crippen molar-refractivity contribution >= 4 is 44.2 Å². The Labute approximate surface area is 287 Å². The summed E-state index contributed by atoms with van der Waals surface area (Å²) in [5, 5.41) is 7.62. The Morgan fingerprint density at radius 1 is 0.939 bits per heavy atom. The number of nitrogens with zero attached hydrogens (tertiary/aromatic N) is 2. The minimum absolute atomic E-state index is 0.191. The molecule has 4 aromatic rings. The zero-order valence-electron chi connectivity index (χ0n) is 28.5. The minimum Gasteiger partial charge on any atom is -0.494 e. The molecule has 3 aromatic carbocycles. The zero-order valence-corrected chi connectivity index (χ0v) is 29.3. The van der Waals surface area contributed by atoms with Crippen LogP contribution in [0, 0.1) is 0 Å². The molecule has 0 aliphatic carbocycles. The van der Waals surface area contributed by atoms with E-state index >= 15 is 0 Å². The van der Waals surface area contributed by atoms with Gasteiger partial charge in [0.15, 0.2) is 0 Å². The molecule has 0 unspecified atom stereocenters. The van der Waals surface area contributed by atoms with E-state index in [-0.39, 0.29) is 5.75 Å². The van der Waals surface area contributed by atoms with Crippen molar-refractivity contribution in [1.29, 1.82) is 0 Å². The van der Waals surface area contributed by atoms with E-state index in [1.807, 2.05) is 69.4 Å². The number of amides is 2. The first-order chi connectivity index (χ1) is 23.4. The number of sulfonamides is 1. The molecule has 0 saturated carbocycles. The van der Waals surface area contributed by atoms with Crippen molar-refractivity contribution in [3.63, 3.8) is 0 Å². The molecule has 49 heavy (non-hydrogen) atoms. The summed E-state index contributed by atoms with van der Waals surface area (Å²) in [4.78, 5) is 32.1. The predicted molar refractivity (Wildman–Crippen MR) is 190 cm³/mol. The second-order valence-electron chi connectivity index (χ2n) is 12.8. The maximum atomic E-state index is 13.5. The summed E-state index contributed by atoms with van der Waals surface area (Å²) in [7, 11) is -1.38. The highest BCUT2D eigenvalue weighted by atomic mass is 32.2. The number of esters is 1. The summed E-state index contributed by atoms with van der Waals surface area (Å²) < 4.78 is 43.7. The second kappa shape index (κ2) is 15.3.